The molecule has 2 rings (SSSR count). The van der Waals surface area contributed by atoms with Crippen LogP contribution in [-0.2, 0) is 6.42 Å². The second-order valence-corrected chi connectivity index (χ2v) is 4.57. The second kappa shape index (κ2) is 4.34. The van der Waals surface area contributed by atoms with Gasteiger partial charge in [-0.25, -0.2) is 0 Å². The van der Waals surface area contributed by atoms with Gasteiger partial charge in [0, 0.05) is 12.5 Å². The average Bonchev–Trinajstić information content (AvgIpc) is 2.25. The van der Waals surface area contributed by atoms with Crippen molar-refractivity contribution in [3.05, 3.63) is 23.3 Å². The molecule has 0 aromatic heterocycles. The van der Waals surface area contributed by atoms with E-state index in [2.05, 4.69) is 31.1 Å². The molecule has 1 aromatic carbocycles. The smallest absolute Gasteiger partial charge is 0.161 e. The number of rotatable bonds is 4. The zero-order valence-corrected chi connectivity index (χ0v) is 10.4. The topological polar surface area (TPSA) is 21.7 Å². The minimum absolute atomic E-state index is 0.643. The number of likely N-dealkylation sites (N-methyl/N-ethyl adjacent to an activating group) is 1. The molecule has 0 aliphatic heterocycles. The first-order valence-electron chi connectivity index (χ1n) is 5.55. The van der Waals surface area contributed by atoms with Gasteiger partial charge in [0.1, 0.15) is 0 Å². The van der Waals surface area contributed by atoms with Crippen LogP contribution in [-0.4, -0.2) is 39.8 Å². The van der Waals surface area contributed by atoms with Gasteiger partial charge in [0.2, 0.25) is 0 Å². The lowest BCUT2D eigenvalue weighted by atomic mass is 9.77. The Bertz CT molecular complexity index is 388. The summed E-state index contributed by atoms with van der Waals surface area (Å²) >= 11 is 0. The highest BCUT2D eigenvalue weighted by molar-refractivity contribution is 5.53. The minimum Gasteiger partial charge on any atom is -0.493 e. The van der Waals surface area contributed by atoms with E-state index in [1.807, 2.05) is 0 Å². The number of benzene rings is 1. The van der Waals surface area contributed by atoms with Gasteiger partial charge >= 0.3 is 0 Å². The molecule has 3 nitrogen and oxygen atoms in total. The summed E-state index contributed by atoms with van der Waals surface area (Å²) in [5.41, 5.74) is 2.80. The SMILES string of the molecule is COc1cc2c(cc1OC)[C@H](CN(C)C)C2. The summed E-state index contributed by atoms with van der Waals surface area (Å²) in [5.74, 6) is 2.32. The largest absolute Gasteiger partial charge is 0.493 e. The molecule has 1 atom stereocenters. The molecule has 16 heavy (non-hydrogen) atoms. The van der Waals surface area contributed by atoms with E-state index < -0.39 is 0 Å². The maximum atomic E-state index is 5.32. The Morgan fingerprint density at radius 2 is 1.81 bits per heavy atom. The number of hydrogen-bond donors (Lipinski definition) is 0. The molecule has 0 unspecified atom stereocenters. The highest BCUT2D eigenvalue weighted by Crippen LogP contribution is 2.42. The molecule has 1 aliphatic carbocycles. The number of nitrogens with zero attached hydrogens (tertiary/aromatic N) is 1. The van der Waals surface area contributed by atoms with Gasteiger partial charge in [0.15, 0.2) is 11.5 Å². The molecule has 3 heteroatoms. The summed E-state index contributed by atoms with van der Waals surface area (Å²) in [5, 5.41) is 0. The van der Waals surface area contributed by atoms with Gasteiger partial charge in [0.25, 0.3) is 0 Å². The Hall–Kier alpha value is -1.22. The molecule has 0 fully saturated rings. The van der Waals surface area contributed by atoms with E-state index >= 15 is 0 Å². The highest BCUT2D eigenvalue weighted by atomic mass is 16.5. The molecule has 0 radical (unpaired) electrons. The molecule has 1 aromatic rings. The quantitative estimate of drug-likeness (QED) is 0.775. The summed E-state index contributed by atoms with van der Waals surface area (Å²) in [7, 11) is 7.58. The standard InChI is InChI=1S/C13H19NO2/c1-14(2)8-10-5-9-6-12(15-3)13(16-4)7-11(9)10/h6-7,10H,5,8H2,1-4H3/t10-/m0/s1. The highest BCUT2D eigenvalue weighted by Gasteiger charge is 2.28. The van der Waals surface area contributed by atoms with Crippen LogP contribution in [0.5, 0.6) is 11.5 Å². The maximum absolute atomic E-state index is 5.32. The Kier molecular flexibility index (Phi) is 3.06. The normalized spacial score (nSPS) is 17.9. The zero-order valence-electron chi connectivity index (χ0n) is 10.4. The molecule has 0 N–H and O–H groups in total. The van der Waals surface area contributed by atoms with Crippen molar-refractivity contribution < 1.29 is 9.47 Å². The minimum atomic E-state index is 0.643. The van der Waals surface area contributed by atoms with Crippen molar-refractivity contribution in [1.29, 1.82) is 0 Å². The average molecular weight is 221 g/mol. The van der Waals surface area contributed by atoms with Crippen LogP contribution in [0.3, 0.4) is 0 Å². The number of fused-ring (bicyclic) bond motifs is 1. The van der Waals surface area contributed by atoms with Gasteiger partial charge in [-0.05, 0) is 43.8 Å². The second-order valence-electron chi connectivity index (χ2n) is 4.57. The van der Waals surface area contributed by atoms with Crippen LogP contribution in [0.15, 0.2) is 12.1 Å². The van der Waals surface area contributed by atoms with Gasteiger partial charge in [-0.3, -0.25) is 0 Å². The van der Waals surface area contributed by atoms with Crippen molar-refractivity contribution in [1.82, 2.24) is 4.90 Å². The molecule has 0 bridgehead atoms. The molecular weight excluding hydrogens is 202 g/mol. The van der Waals surface area contributed by atoms with E-state index in [0.29, 0.717) is 5.92 Å². The molecule has 88 valence electrons. The van der Waals surface area contributed by atoms with Crippen molar-refractivity contribution in [3.8, 4) is 11.5 Å². The van der Waals surface area contributed by atoms with Gasteiger partial charge in [-0.15, -0.1) is 0 Å². The van der Waals surface area contributed by atoms with Crippen LogP contribution >= 0.6 is 0 Å². The fraction of sp³-hybridized carbons (Fsp3) is 0.538. The van der Waals surface area contributed by atoms with Gasteiger partial charge in [-0.1, -0.05) is 0 Å². The van der Waals surface area contributed by atoms with Gasteiger partial charge in [0.05, 0.1) is 14.2 Å². The van der Waals surface area contributed by atoms with Crippen LogP contribution in [0.25, 0.3) is 0 Å². The molecule has 1 aliphatic rings. The van der Waals surface area contributed by atoms with Crippen molar-refractivity contribution in [2.45, 2.75) is 12.3 Å². The number of methoxy groups -OCH3 is 2. The molecule has 0 amide bonds. The zero-order chi connectivity index (χ0) is 11.7. The third kappa shape index (κ3) is 1.87. The molecule has 0 spiro atoms. The van der Waals surface area contributed by atoms with Crippen LogP contribution in [0.2, 0.25) is 0 Å². The lowest BCUT2D eigenvalue weighted by Crippen LogP contribution is -2.28. The lowest BCUT2D eigenvalue weighted by molar-refractivity contribution is 0.339. The first-order valence-corrected chi connectivity index (χ1v) is 5.55. The Morgan fingerprint density at radius 1 is 1.19 bits per heavy atom. The van der Waals surface area contributed by atoms with E-state index in [-0.39, 0.29) is 0 Å². The molecule has 0 saturated carbocycles. The Labute approximate surface area is 97.0 Å². The first kappa shape index (κ1) is 11.3. The van der Waals surface area contributed by atoms with Crippen molar-refractivity contribution in [2.75, 3.05) is 34.9 Å². The molecular formula is C13H19NO2. The van der Waals surface area contributed by atoms with Crippen molar-refractivity contribution in [2.24, 2.45) is 0 Å². The van der Waals surface area contributed by atoms with E-state index in [1.54, 1.807) is 14.2 Å². The van der Waals surface area contributed by atoms with E-state index in [9.17, 15) is 0 Å². The number of ether oxygens (including phenoxy) is 2. The van der Waals surface area contributed by atoms with Crippen molar-refractivity contribution >= 4 is 0 Å². The summed E-state index contributed by atoms with van der Waals surface area (Å²) in [6, 6.07) is 4.21. The third-order valence-corrected chi connectivity index (χ3v) is 3.14. The predicted molar refractivity (Wildman–Crippen MR) is 64.5 cm³/mol. The summed E-state index contributed by atoms with van der Waals surface area (Å²) in [6.07, 6.45) is 1.15. The van der Waals surface area contributed by atoms with Gasteiger partial charge < -0.3 is 14.4 Å². The first-order chi connectivity index (χ1) is 7.65. The summed E-state index contributed by atoms with van der Waals surface area (Å²) in [4.78, 5) is 2.23. The van der Waals surface area contributed by atoms with Crippen LogP contribution in [0.1, 0.15) is 17.0 Å². The Balaban J connectivity index is 2.24. The molecule has 0 saturated heterocycles. The lowest BCUT2D eigenvalue weighted by Gasteiger charge is -2.33. The van der Waals surface area contributed by atoms with Crippen LogP contribution in [0.4, 0.5) is 0 Å². The molecule has 0 heterocycles. The van der Waals surface area contributed by atoms with E-state index in [1.165, 1.54) is 11.1 Å². The fourth-order valence-corrected chi connectivity index (χ4v) is 2.34. The summed E-state index contributed by atoms with van der Waals surface area (Å²) in [6.45, 7) is 1.10. The number of hydrogen-bond acceptors (Lipinski definition) is 3. The third-order valence-electron chi connectivity index (χ3n) is 3.14. The maximum Gasteiger partial charge on any atom is 0.161 e. The van der Waals surface area contributed by atoms with Crippen LogP contribution < -0.4 is 9.47 Å². The van der Waals surface area contributed by atoms with Crippen LogP contribution in [0, 0.1) is 0 Å². The van der Waals surface area contributed by atoms with Gasteiger partial charge in [-0.2, -0.15) is 0 Å². The Morgan fingerprint density at radius 3 is 2.38 bits per heavy atom. The predicted octanol–water partition coefficient (Wildman–Crippen LogP) is 1.91. The summed E-state index contributed by atoms with van der Waals surface area (Å²) < 4.78 is 10.6. The van der Waals surface area contributed by atoms with Crippen molar-refractivity contribution in [3.63, 3.8) is 0 Å². The van der Waals surface area contributed by atoms with E-state index in [4.69, 9.17) is 9.47 Å². The monoisotopic (exact) mass is 221 g/mol. The van der Waals surface area contributed by atoms with E-state index in [0.717, 1.165) is 24.5 Å². The fourth-order valence-electron chi connectivity index (χ4n) is 2.34.